The first-order valence-corrected chi connectivity index (χ1v) is 7.38. The molecule has 1 atom stereocenters. The van der Waals surface area contributed by atoms with Crippen LogP contribution < -0.4 is 5.32 Å². The van der Waals surface area contributed by atoms with Crippen LogP contribution in [0.1, 0.15) is 35.1 Å². The molecule has 0 aliphatic carbocycles. The van der Waals surface area contributed by atoms with E-state index in [2.05, 4.69) is 10.3 Å². The zero-order valence-corrected chi connectivity index (χ0v) is 12.7. The normalized spacial score (nSPS) is 18.0. The Hall–Kier alpha value is -2.21. The highest BCUT2D eigenvalue weighted by Crippen LogP contribution is 2.24. The molecule has 1 aromatic carbocycles. The molecule has 22 heavy (non-hydrogen) atoms. The summed E-state index contributed by atoms with van der Waals surface area (Å²) in [5.41, 5.74) is 2.07. The van der Waals surface area contributed by atoms with Crippen molar-refractivity contribution in [3.05, 3.63) is 47.5 Å². The lowest BCUT2D eigenvalue weighted by molar-refractivity contribution is 0.0948. The van der Waals surface area contributed by atoms with Crippen LogP contribution in [0.25, 0.3) is 0 Å². The fourth-order valence-electron chi connectivity index (χ4n) is 2.78. The monoisotopic (exact) mass is 302 g/mol. The molecule has 0 radical (unpaired) electrons. The number of alkyl halides is 1. The summed E-state index contributed by atoms with van der Waals surface area (Å²) in [4.78, 5) is 18.5. The Morgan fingerprint density at radius 3 is 3.00 bits per heavy atom. The van der Waals surface area contributed by atoms with Crippen molar-refractivity contribution in [2.24, 2.45) is 0 Å². The predicted octanol–water partition coefficient (Wildman–Crippen LogP) is 2.61. The highest BCUT2D eigenvalue weighted by molar-refractivity contribution is 6.03. The van der Waals surface area contributed by atoms with Crippen molar-refractivity contribution in [2.45, 2.75) is 26.2 Å². The molecule has 6 heteroatoms. The number of aryl methyl sites for hydroxylation is 1. The van der Waals surface area contributed by atoms with Crippen LogP contribution in [0.5, 0.6) is 0 Å². The maximum atomic E-state index is 14.3. The SMILES string of the molecule is CCc1ccccc1NC(=O)c1cnc2n1[C@@H](F)CN(C)C2. The highest BCUT2D eigenvalue weighted by atomic mass is 19.1. The molecule has 5 nitrogen and oxygen atoms in total. The number of nitrogens with one attached hydrogen (secondary N) is 1. The predicted molar refractivity (Wildman–Crippen MR) is 82.5 cm³/mol. The molecule has 3 rings (SSSR count). The van der Waals surface area contributed by atoms with Gasteiger partial charge in [0.2, 0.25) is 0 Å². The van der Waals surface area contributed by atoms with E-state index >= 15 is 0 Å². The maximum absolute atomic E-state index is 14.3. The number of nitrogens with zero attached hydrogens (tertiary/aromatic N) is 3. The topological polar surface area (TPSA) is 50.2 Å². The second kappa shape index (κ2) is 5.88. The largest absolute Gasteiger partial charge is 0.320 e. The lowest BCUT2D eigenvalue weighted by atomic mass is 10.1. The van der Waals surface area contributed by atoms with Gasteiger partial charge >= 0.3 is 0 Å². The number of para-hydroxylation sites is 1. The van der Waals surface area contributed by atoms with E-state index in [0.717, 1.165) is 17.7 Å². The Kier molecular flexibility index (Phi) is 3.94. The van der Waals surface area contributed by atoms with Crippen LogP contribution in [-0.2, 0) is 13.0 Å². The van der Waals surface area contributed by atoms with Gasteiger partial charge in [0.1, 0.15) is 11.5 Å². The minimum atomic E-state index is -1.25. The average Bonchev–Trinajstić information content (AvgIpc) is 2.92. The number of anilines is 1. The molecule has 0 saturated heterocycles. The standard InChI is InChI=1S/C16H19FN4O/c1-3-11-6-4-5-7-12(11)19-16(22)13-8-18-15-10-20(2)9-14(17)21(13)15/h4-8,14H,3,9-10H2,1-2H3,(H,19,22)/t14-/m1/s1. The number of fused-ring (bicyclic) bond motifs is 1. The lowest BCUT2D eigenvalue weighted by Crippen LogP contribution is -2.34. The van der Waals surface area contributed by atoms with Gasteiger partial charge in [-0.25, -0.2) is 9.37 Å². The number of amides is 1. The number of halogens is 1. The van der Waals surface area contributed by atoms with Crippen molar-refractivity contribution in [2.75, 3.05) is 18.9 Å². The van der Waals surface area contributed by atoms with Gasteiger partial charge in [-0.05, 0) is 25.1 Å². The van der Waals surface area contributed by atoms with Crippen LogP contribution in [0, 0.1) is 0 Å². The van der Waals surface area contributed by atoms with Gasteiger partial charge in [0.25, 0.3) is 5.91 Å². The van der Waals surface area contributed by atoms with E-state index in [9.17, 15) is 9.18 Å². The molecule has 0 fully saturated rings. The first-order valence-electron chi connectivity index (χ1n) is 7.38. The summed E-state index contributed by atoms with van der Waals surface area (Å²) in [6.07, 6.45) is 1.01. The van der Waals surface area contributed by atoms with Crippen LogP contribution in [0.4, 0.5) is 10.1 Å². The number of hydrogen-bond donors (Lipinski definition) is 1. The quantitative estimate of drug-likeness (QED) is 0.948. The molecule has 2 heterocycles. The van der Waals surface area contributed by atoms with E-state index < -0.39 is 6.30 Å². The molecule has 0 unspecified atom stereocenters. The second-order valence-corrected chi connectivity index (χ2v) is 5.53. The molecule has 2 aromatic rings. The van der Waals surface area contributed by atoms with E-state index in [1.807, 2.05) is 43.1 Å². The summed E-state index contributed by atoms with van der Waals surface area (Å²) < 4.78 is 15.7. The number of imidazole rings is 1. The van der Waals surface area contributed by atoms with Crippen molar-refractivity contribution in [1.29, 1.82) is 0 Å². The first kappa shape index (κ1) is 14.7. The molecule has 1 aromatic heterocycles. The number of carbonyl (C=O) groups is 1. The van der Waals surface area contributed by atoms with Gasteiger partial charge < -0.3 is 5.32 Å². The minimum absolute atomic E-state index is 0.259. The molecule has 0 saturated carbocycles. The van der Waals surface area contributed by atoms with E-state index in [1.54, 1.807) is 0 Å². The summed E-state index contributed by atoms with van der Waals surface area (Å²) in [6, 6.07) is 7.62. The third-order valence-electron chi connectivity index (χ3n) is 3.91. The van der Waals surface area contributed by atoms with Crippen LogP contribution in [0.15, 0.2) is 30.5 Å². The third-order valence-corrected chi connectivity index (χ3v) is 3.91. The molecule has 1 amide bonds. The zero-order chi connectivity index (χ0) is 15.7. The first-order chi connectivity index (χ1) is 10.6. The molecule has 1 aliphatic heterocycles. The summed E-state index contributed by atoms with van der Waals surface area (Å²) in [5, 5.41) is 2.87. The number of carbonyl (C=O) groups excluding carboxylic acids is 1. The molecule has 1 aliphatic rings. The maximum Gasteiger partial charge on any atom is 0.274 e. The van der Waals surface area contributed by atoms with Gasteiger partial charge in [-0.2, -0.15) is 0 Å². The lowest BCUT2D eigenvalue weighted by Gasteiger charge is -2.27. The number of hydrogen-bond acceptors (Lipinski definition) is 3. The molecular weight excluding hydrogens is 283 g/mol. The van der Waals surface area contributed by atoms with Crippen LogP contribution in [0.2, 0.25) is 0 Å². The fraction of sp³-hybridized carbons (Fsp3) is 0.375. The van der Waals surface area contributed by atoms with E-state index in [1.165, 1.54) is 10.8 Å². The summed E-state index contributed by atoms with van der Waals surface area (Å²) in [6.45, 7) is 2.83. The van der Waals surface area contributed by atoms with Crippen LogP contribution in [0.3, 0.4) is 0 Å². The van der Waals surface area contributed by atoms with Gasteiger partial charge in [-0.1, -0.05) is 25.1 Å². The number of benzene rings is 1. The molecule has 0 bridgehead atoms. The number of rotatable bonds is 3. The smallest absolute Gasteiger partial charge is 0.274 e. The van der Waals surface area contributed by atoms with Crippen molar-refractivity contribution >= 4 is 11.6 Å². The van der Waals surface area contributed by atoms with Crippen molar-refractivity contribution in [1.82, 2.24) is 14.5 Å². The summed E-state index contributed by atoms with van der Waals surface area (Å²) in [7, 11) is 1.84. The van der Waals surface area contributed by atoms with Crippen molar-refractivity contribution < 1.29 is 9.18 Å². The van der Waals surface area contributed by atoms with Gasteiger partial charge in [-0.3, -0.25) is 14.3 Å². The van der Waals surface area contributed by atoms with Crippen LogP contribution >= 0.6 is 0 Å². The van der Waals surface area contributed by atoms with Gasteiger partial charge in [0, 0.05) is 12.2 Å². The Labute approximate surface area is 128 Å². The third kappa shape index (κ3) is 2.62. The van der Waals surface area contributed by atoms with E-state index in [-0.39, 0.29) is 18.1 Å². The van der Waals surface area contributed by atoms with Gasteiger partial charge in [0.05, 0.1) is 12.7 Å². The minimum Gasteiger partial charge on any atom is -0.320 e. The second-order valence-electron chi connectivity index (χ2n) is 5.53. The summed E-state index contributed by atoms with van der Waals surface area (Å²) in [5.74, 6) is 0.252. The molecule has 1 N–H and O–H groups in total. The fourth-order valence-corrected chi connectivity index (χ4v) is 2.78. The van der Waals surface area contributed by atoms with Crippen molar-refractivity contribution in [3.8, 4) is 0 Å². The van der Waals surface area contributed by atoms with Crippen molar-refractivity contribution in [3.63, 3.8) is 0 Å². The zero-order valence-electron chi connectivity index (χ0n) is 12.7. The summed E-state index contributed by atoms with van der Waals surface area (Å²) >= 11 is 0. The van der Waals surface area contributed by atoms with Crippen LogP contribution in [-0.4, -0.2) is 34.0 Å². The molecular formula is C16H19FN4O. The number of likely N-dealkylation sites (N-methyl/N-ethyl adjacent to an activating group) is 1. The van der Waals surface area contributed by atoms with Gasteiger partial charge in [-0.15, -0.1) is 0 Å². The average molecular weight is 302 g/mol. The number of aromatic nitrogens is 2. The highest BCUT2D eigenvalue weighted by Gasteiger charge is 2.28. The molecule has 116 valence electrons. The Bertz CT molecular complexity index is 697. The van der Waals surface area contributed by atoms with E-state index in [4.69, 9.17) is 0 Å². The Morgan fingerprint density at radius 2 is 2.23 bits per heavy atom. The molecule has 0 spiro atoms. The van der Waals surface area contributed by atoms with Gasteiger partial charge in [0.15, 0.2) is 6.30 Å². The Morgan fingerprint density at radius 1 is 1.45 bits per heavy atom. The van der Waals surface area contributed by atoms with E-state index in [0.29, 0.717) is 12.4 Å². The Balaban J connectivity index is 1.88.